The van der Waals surface area contributed by atoms with Gasteiger partial charge in [-0.25, -0.2) is 0 Å². The molecular formula is C15H22N2O3. The monoisotopic (exact) mass is 278 g/mol. The van der Waals surface area contributed by atoms with Gasteiger partial charge >= 0.3 is 0 Å². The van der Waals surface area contributed by atoms with Gasteiger partial charge in [0.15, 0.2) is 6.61 Å². The minimum absolute atomic E-state index is 0.0608. The Kier molecular flexibility index (Phi) is 6.56. The molecule has 1 aromatic carbocycles. The van der Waals surface area contributed by atoms with E-state index in [-0.39, 0.29) is 18.4 Å². The first-order valence-corrected chi connectivity index (χ1v) is 6.75. The molecule has 1 rings (SSSR count). The maximum Gasteiger partial charge on any atom is 0.257 e. The Hall–Kier alpha value is -2.04. The number of benzene rings is 1. The van der Waals surface area contributed by atoms with Gasteiger partial charge in [0.2, 0.25) is 5.91 Å². The average Bonchev–Trinajstić information content (AvgIpc) is 2.36. The standard InChI is InChI=1S/C15H22N2O3/c1-11(2)8-9-16-15(19)10-20-14-7-5-4-6-13(14)17-12(3)18/h4-7,11H,8-10H2,1-3H3,(H,16,19)(H,17,18). The van der Waals surface area contributed by atoms with Crippen LogP contribution in [0.25, 0.3) is 0 Å². The maximum absolute atomic E-state index is 11.6. The van der Waals surface area contributed by atoms with Crippen LogP contribution in [0.2, 0.25) is 0 Å². The van der Waals surface area contributed by atoms with E-state index in [1.54, 1.807) is 24.3 Å². The Morgan fingerprint density at radius 2 is 1.95 bits per heavy atom. The lowest BCUT2D eigenvalue weighted by atomic mass is 10.1. The van der Waals surface area contributed by atoms with Gasteiger partial charge in [-0.3, -0.25) is 9.59 Å². The fourth-order valence-corrected chi connectivity index (χ4v) is 1.58. The van der Waals surface area contributed by atoms with Crippen molar-refractivity contribution >= 4 is 17.5 Å². The highest BCUT2D eigenvalue weighted by Gasteiger charge is 2.07. The first kappa shape index (κ1) is 16.0. The molecule has 0 radical (unpaired) electrons. The van der Waals surface area contributed by atoms with Gasteiger partial charge in [0, 0.05) is 13.5 Å². The number of amides is 2. The number of hydrogen-bond donors (Lipinski definition) is 2. The SMILES string of the molecule is CC(=O)Nc1ccccc1OCC(=O)NCCC(C)C. The number of nitrogens with one attached hydrogen (secondary N) is 2. The van der Waals surface area contributed by atoms with E-state index in [9.17, 15) is 9.59 Å². The molecule has 0 unspecified atom stereocenters. The van der Waals surface area contributed by atoms with Gasteiger partial charge in [0.25, 0.3) is 5.91 Å². The summed E-state index contributed by atoms with van der Waals surface area (Å²) in [4.78, 5) is 22.7. The molecule has 0 aliphatic heterocycles. The van der Waals surface area contributed by atoms with Crippen LogP contribution in [0.4, 0.5) is 5.69 Å². The van der Waals surface area contributed by atoms with E-state index in [4.69, 9.17) is 4.74 Å². The molecule has 0 aliphatic carbocycles. The zero-order chi connectivity index (χ0) is 15.0. The van der Waals surface area contributed by atoms with Crippen molar-refractivity contribution in [1.29, 1.82) is 0 Å². The van der Waals surface area contributed by atoms with Gasteiger partial charge in [-0.05, 0) is 24.5 Å². The van der Waals surface area contributed by atoms with E-state index < -0.39 is 0 Å². The molecule has 2 amide bonds. The summed E-state index contributed by atoms with van der Waals surface area (Å²) in [6.45, 7) is 6.22. The molecule has 0 aromatic heterocycles. The summed E-state index contributed by atoms with van der Waals surface area (Å²) in [6, 6.07) is 7.03. The molecule has 0 aliphatic rings. The molecule has 110 valence electrons. The van der Waals surface area contributed by atoms with Crippen molar-refractivity contribution in [1.82, 2.24) is 5.32 Å². The van der Waals surface area contributed by atoms with Crippen molar-refractivity contribution in [3.63, 3.8) is 0 Å². The lowest BCUT2D eigenvalue weighted by molar-refractivity contribution is -0.123. The summed E-state index contributed by atoms with van der Waals surface area (Å²) in [6.07, 6.45) is 0.939. The zero-order valence-corrected chi connectivity index (χ0v) is 12.2. The van der Waals surface area contributed by atoms with E-state index in [2.05, 4.69) is 24.5 Å². The van der Waals surface area contributed by atoms with Crippen molar-refractivity contribution in [3.8, 4) is 5.75 Å². The summed E-state index contributed by atoms with van der Waals surface area (Å²) >= 11 is 0. The number of rotatable bonds is 7. The van der Waals surface area contributed by atoms with Gasteiger partial charge in [0.05, 0.1) is 5.69 Å². The summed E-state index contributed by atoms with van der Waals surface area (Å²) in [5.41, 5.74) is 0.565. The smallest absolute Gasteiger partial charge is 0.257 e. The second kappa shape index (κ2) is 8.19. The summed E-state index contributed by atoms with van der Waals surface area (Å²) in [5, 5.41) is 5.45. The Morgan fingerprint density at radius 1 is 1.25 bits per heavy atom. The molecular weight excluding hydrogens is 256 g/mol. The second-order valence-corrected chi connectivity index (χ2v) is 5.00. The minimum Gasteiger partial charge on any atom is -0.482 e. The molecule has 2 N–H and O–H groups in total. The van der Waals surface area contributed by atoms with E-state index in [1.165, 1.54) is 6.92 Å². The van der Waals surface area contributed by atoms with Crippen LogP contribution >= 0.6 is 0 Å². The van der Waals surface area contributed by atoms with Crippen LogP contribution in [0.3, 0.4) is 0 Å². The van der Waals surface area contributed by atoms with Crippen LogP contribution in [0.5, 0.6) is 5.75 Å². The van der Waals surface area contributed by atoms with Crippen LogP contribution in [0.1, 0.15) is 27.2 Å². The third-order valence-electron chi connectivity index (χ3n) is 2.60. The van der Waals surface area contributed by atoms with Gasteiger partial charge in [-0.1, -0.05) is 26.0 Å². The minimum atomic E-state index is -0.178. The number of carbonyl (C=O) groups excluding carboxylic acids is 2. The molecule has 1 aromatic rings. The van der Waals surface area contributed by atoms with Crippen molar-refractivity contribution in [2.75, 3.05) is 18.5 Å². The number of ether oxygens (including phenoxy) is 1. The Labute approximate surface area is 119 Å². The molecule has 5 heteroatoms. The molecule has 5 nitrogen and oxygen atoms in total. The predicted molar refractivity (Wildman–Crippen MR) is 78.7 cm³/mol. The molecule has 0 saturated carbocycles. The first-order valence-electron chi connectivity index (χ1n) is 6.75. The number of carbonyl (C=O) groups is 2. The second-order valence-electron chi connectivity index (χ2n) is 5.00. The van der Waals surface area contributed by atoms with E-state index >= 15 is 0 Å². The number of hydrogen-bond acceptors (Lipinski definition) is 3. The normalized spacial score (nSPS) is 10.2. The highest BCUT2D eigenvalue weighted by atomic mass is 16.5. The first-order chi connectivity index (χ1) is 9.49. The predicted octanol–water partition coefficient (Wildman–Crippen LogP) is 2.19. The van der Waals surface area contributed by atoms with Crippen LogP contribution in [-0.2, 0) is 9.59 Å². The third-order valence-corrected chi connectivity index (χ3v) is 2.60. The highest BCUT2D eigenvalue weighted by molar-refractivity contribution is 5.90. The largest absolute Gasteiger partial charge is 0.482 e. The summed E-state index contributed by atoms with van der Waals surface area (Å²) in [5.74, 6) is 0.698. The van der Waals surface area contributed by atoms with E-state index in [0.29, 0.717) is 23.9 Å². The topological polar surface area (TPSA) is 67.4 Å². The Balaban J connectivity index is 2.44. The lowest BCUT2D eigenvalue weighted by Crippen LogP contribution is -2.30. The van der Waals surface area contributed by atoms with Gasteiger partial charge in [-0.2, -0.15) is 0 Å². The number of para-hydroxylation sites is 2. The Bertz CT molecular complexity index is 458. The molecule has 0 atom stereocenters. The molecule has 0 saturated heterocycles. The average molecular weight is 278 g/mol. The maximum atomic E-state index is 11.6. The number of anilines is 1. The fourth-order valence-electron chi connectivity index (χ4n) is 1.58. The molecule has 0 spiro atoms. The van der Waals surface area contributed by atoms with Crippen molar-refractivity contribution in [2.45, 2.75) is 27.2 Å². The quantitative estimate of drug-likeness (QED) is 0.803. The highest BCUT2D eigenvalue weighted by Crippen LogP contribution is 2.23. The lowest BCUT2D eigenvalue weighted by Gasteiger charge is -2.12. The molecule has 0 bridgehead atoms. The van der Waals surface area contributed by atoms with Crippen LogP contribution in [0.15, 0.2) is 24.3 Å². The van der Waals surface area contributed by atoms with Gasteiger partial charge in [0.1, 0.15) is 5.75 Å². The van der Waals surface area contributed by atoms with Crippen molar-refractivity contribution < 1.29 is 14.3 Å². The van der Waals surface area contributed by atoms with Gasteiger partial charge < -0.3 is 15.4 Å². The van der Waals surface area contributed by atoms with E-state index in [1.807, 2.05) is 0 Å². The molecule has 0 fully saturated rings. The van der Waals surface area contributed by atoms with Crippen molar-refractivity contribution in [3.05, 3.63) is 24.3 Å². The van der Waals surface area contributed by atoms with Crippen LogP contribution < -0.4 is 15.4 Å². The Morgan fingerprint density at radius 3 is 2.60 bits per heavy atom. The van der Waals surface area contributed by atoms with E-state index in [0.717, 1.165) is 6.42 Å². The molecule has 0 heterocycles. The third kappa shape index (κ3) is 6.22. The zero-order valence-electron chi connectivity index (χ0n) is 12.2. The molecule has 20 heavy (non-hydrogen) atoms. The summed E-state index contributed by atoms with van der Waals surface area (Å²) in [7, 11) is 0. The van der Waals surface area contributed by atoms with Crippen LogP contribution in [-0.4, -0.2) is 25.0 Å². The van der Waals surface area contributed by atoms with Crippen molar-refractivity contribution in [2.24, 2.45) is 5.92 Å². The van der Waals surface area contributed by atoms with Crippen LogP contribution in [0, 0.1) is 5.92 Å². The fraction of sp³-hybridized carbons (Fsp3) is 0.467. The summed E-state index contributed by atoms with van der Waals surface area (Å²) < 4.78 is 5.43. The van der Waals surface area contributed by atoms with Gasteiger partial charge in [-0.15, -0.1) is 0 Å².